The lowest BCUT2D eigenvalue weighted by molar-refractivity contribution is 0.102. The van der Waals surface area contributed by atoms with Crippen molar-refractivity contribution >= 4 is 21.6 Å². The molecule has 1 aliphatic rings. The summed E-state index contributed by atoms with van der Waals surface area (Å²) in [5.41, 5.74) is 0.967. The fraction of sp³-hybridized carbons (Fsp3) is 0.333. The van der Waals surface area contributed by atoms with Gasteiger partial charge < -0.3 is 10.1 Å². The minimum absolute atomic E-state index is 0.0659. The summed E-state index contributed by atoms with van der Waals surface area (Å²) in [6.45, 7) is 0.966. The number of ether oxygens (including phenoxy) is 1. The Labute approximate surface area is 171 Å². The van der Waals surface area contributed by atoms with Crippen molar-refractivity contribution < 1.29 is 17.9 Å². The molecule has 1 fully saturated rings. The molecule has 29 heavy (non-hydrogen) atoms. The minimum Gasteiger partial charge on any atom is -0.496 e. The van der Waals surface area contributed by atoms with Gasteiger partial charge in [-0.2, -0.15) is 9.57 Å². The van der Waals surface area contributed by atoms with Gasteiger partial charge in [-0.3, -0.25) is 4.79 Å². The van der Waals surface area contributed by atoms with E-state index in [1.54, 1.807) is 24.3 Å². The van der Waals surface area contributed by atoms with Gasteiger partial charge in [0.15, 0.2) is 0 Å². The molecule has 8 heteroatoms. The van der Waals surface area contributed by atoms with Crippen molar-refractivity contribution in [3.05, 3.63) is 53.6 Å². The summed E-state index contributed by atoms with van der Waals surface area (Å²) in [5.74, 6) is -0.237. The van der Waals surface area contributed by atoms with E-state index in [1.807, 2.05) is 6.07 Å². The van der Waals surface area contributed by atoms with E-state index in [1.165, 1.54) is 29.6 Å². The van der Waals surface area contributed by atoms with Crippen LogP contribution in [-0.2, 0) is 10.0 Å². The van der Waals surface area contributed by atoms with E-state index < -0.39 is 15.9 Å². The summed E-state index contributed by atoms with van der Waals surface area (Å²) in [6.07, 6.45) is 3.70. The van der Waals surface area contributed by atoms with E-state index in [2.05, 4.69) is 5.32 Å². The average molecular weight is 413 g/mol. The molecule has 2 aromatic carbocycles. The van der Waals surface area contributed by atoms with E-state index in [0.29, 0.717) is 24.3 Å². The van der Waals surface area contributed by atoms with Gasteiger partial charge in [0.25, 0.3) is 5.91 Å². The molecule has 0 aliphatic carbocycles. The zero-order chi connectivity index (χ0) is 20.9. The summed E-state index contributed by atoms with van der Waals surface area (Å²) in [6, 6.07) is 12.8. The summed E-state index contributed by atoms with van der Waals surface area (Å²) in [7, 11) is -2.27. The molecule has 0 saturated carbocycles. The third-order valence-electron chi connectivity index (χ3n) is 4.87. The maximum absolute atomic E-state index is 13.1. The monoisotopic (exact) mass is 413 g/mol. The van der Waals surface area contributed by atoms with Crippen LogP contribution < -0.4 is 10.1 Å². The van der Waals surface area contributed by atoms with Crippen molar-refractivity contribution in [1.29, 1.82) is 5.26 Å². The maximum atomic E-state index is 13.1. The number of rotatable bonds is 5. The number of nitriles is 1. The molecule has 7 nitrogen and oxygen atoms in total. The standard InChI is InChI=1S/C21H23N3O4S/c1-28-20-10-9-18(29(26,27)24-11-4-2-3-5-12-24)14-19(20)21(25)23-17-8-6-7-16(13-17)15-22/h6-10,13-14H,2-5,11-12H2,1H3,(H,23,25). The van der Waals surface area contributed by atoms with Crippen LogP contribution in [0.2, 0.25) is 0 Å². The summed E-state index contributed by atoms with van der Waals surface area (Å²) >= 11 is 0. The Morgan fingerprint density at radius 2 is 1.83 bits per heavy atom. The zero-order valence-corrected chi connectivity index (χ0v) is 17.0. The molecular weight excluding hydrogens is 390 g/mol. The summed E-state index contributed by atoms with van der Waals surface area (Å²) in [5, 5.41) is 11.7. The number of nitrogens with one attached hydrogen (secondary N) is 1. The number of sulfonamides is 1. The lowest BCUT2D eigenvalue weighted by Crippen LogP contribution is -2.32. The first-order chi connectivity index (χ1) is 14.0. The normalized spacial score (nSPS) is 15.2. The molecule has 0 radical (unpaired) electrons. The van der Waals surface area contributed by atoms with Crippen LogP contribution in [0.25, 0.3) is 0 Å². The molecule has 0 bridgehead atoms. The van der Waals surface area contributed by atoms with E-state index in [0.717, 1.165) is 25.7 Å². The van der Waals surface area contributed by atoms with Gasteiger partial charge in [0.05, 0.1) is 29.2 Å². The molecule has 1 amide bonds. The number of methoxy groups -OCH3 is 1. The second-order valence-electron chi connectivity index (χ2n) is 6.83. The lowest BCUT2D eigenvalue weighted by Gasteiger charge is -2.20. The molecule has 152 valence electrons. The van der Waals surface area contributed by atoms with Crippen LogP contribution in [-0.4, -0.2) is 38.8 Å². The van der Waals surface area contributed by atoms with Gasteiger partial charge in [0, 0.05) is 18.8 Å². The number of amides is 1. The largest absolute Gasteiger partial charge is 0.496 e. The van der Waals surface area contributed by atoms with Crippen LogP contribution in [0.5, 0.6) is 5.75 Å². The third-order valence-corrected chi connectivity index (χ3v) is 6.76. The van der Waals surface area contributed by atoms with Crippen LogP contribution >= 0.6 is 0 Å². The van der Waals surface area contributed by atoms with Gasteiger partial charge in [0.2, 0.25) is 10.0 Å². The third kappa shape index (κ3) is 4.75. The molecule has 1 saturated heterocycles. The predicted molar refractivity (Wildman–Crippen MR) is 109 cm³/mol. The van der Waals surface area contributed by atoms with Gasteiger partial charge >= 0.3 is 0 Å². The van der Waals surface area contributed by atoms with Gasteiger partial charge in [-0.1, -0.05) is 18.9 Å². The molecule has 0 aromatic heterocycles. The predicted octanol–water partition coefficient (Wildman–Crippen LogP) is 3.38. The Morgan fingerprint density at radius 1 is 1.10 bits per heavy atom. The van der Waals surface area contributed by atoms with Gasteiger partial charge in [-0.25, -0.2) is 8.42 Å². The van der Waals surface area contributed by atoms with Crippen LogP contribution in [0.1, 0.15) is 41.6 Å². The fourth-order valence-corrected chi connectivity index (χ4v) is 4.86. The number of hydrogen-bond acceptors (Lipinski definition) is 5. The number of carbonyl (C=O) groups is 1. The topological polar surface area (TPSA) is 99.5 Å². The smallest absolute Gasteiger partial charge is 0.259 e. The molecule has 0 spiro atoms. The molecule has 2 aromatic rings. The van der Waals surface area contributed by atoms with Crippen LogP contribution in [0, 0.1) is 11.3 Å². The molecule has 1 aliphatic heterocycles. The molecule has 1 heterocycles. The van der Waals surface area contributed by atoms with Gasteiger partial charge in [-0.15, -0.1) is 0 Å². The fourth-order valence-electron chi connectivity index (χ4n) is 3.32. The quantitative estimate of drug-likeness (QED) is 0.810. The Hall–Kier alpha value is -2.89. The Morgan fingerprint density at radius 3 is 2.48 bits per heavy atom. The number of benzene rings is 2. The van der Waals surface area contributed by atoms with Crippen molar-refractivity contribution in [3.63, 3.8) is 0 Å². The van der Waals surface area contributed by atoms with Crippen molar-refractivity contribution in [1.82, 2.24) is 4.31 Å². The highest BCUT2D eigenvalue weighted by atomic mass is 32.2. The molecule has 0 unspecified atom stereocenters. The van der Waals surface area contributed by atoms with Crippen LogP contribution in [0.15, 0.2) is 47.4 Å². The van der Waals surface area contributed by atoms with Crippen LogP contribution in [0.3, 0.4) is 0 Å². The summed E-state index contributed by atoms with van der Waals surface area (Å²) in [4.78, 5) is 12.9. The first-order valence-electron chi connectivity index (χ1n) is 9.45. The van der Waals surface area contributed by atoms with E-state index >= 15 is 0 Å². The lowest BCUT2D eigenvalue weighted by atomic mass is 10.1. The van der Waals surface area contributed by atoms with Crippen molar-refractivity contribution in [2.45, 2.75) is 30.6 Å². The van der Waals surface area contributed by atoms with E-state index in [9.17, 15) is 13.2 Å². The van der Waals surface area contributed by atoms with Gasteiger partial charge in [0.1, 0.15) is 5.75 Å². The highest BCUT2D eigenvalue weighted by Crippen LogP contribution is 2.27. The Bertz CT molecular complexity index is 1040. The van der Waals surface area contributed by atoms with E-state index in [-0.39, 0.29) is 16.2 Å². The van der Waals surface area contributed by atoms with Crippen molar-refractivity contribution in [3.8, 4) is 11.8 Å². The highest BCUT2D eigenvalue weighted by molar-refractivity contribution is 7.89. The number of nitrogens with zero attached hydrogens (tertiary/aromatic N) is 2. The molecular formula is C21H23N3O4S. The first kappa shape index (κ1) is 20.8. The SMILES string of the molecule is COc1ccc(S(=O)(=O)N2CCCCCC2)cc1C(=O)Nc1cccc(C#N)c1. The second kappa shape index (κ2) is 9.07. The van der Waals surface area contributed by atoms with Gasteiger partial charge in [-0.05, 0) is 49.2 Å². The second-order valence-corrected chi connectivity index (χ2v) is 8.77. The Balaban J connectivity index is 1.92. The maximum Gasteiger partial charge on any atom is 0.259 e. The minimum atomic E-state index is -3.70. The van der Waals surface area contributed by atoms with Crippen LogP contribution in [0.4, 0.5) is 5.69 Å². The average Bonchev–Trinajstić information content (AvgIpc) is 3.03. The number of anilines is 1. The van der Waals surface area contributed by atoms with E-state index in [4.69, 9.17) is 10.00 Å². The zero-order valence-electron chi connectivity index (χ0n) is 16.2. The Kier molecular flexibility index (Phi) is 6.52. The summed E-state index contributed by atoms with van der Waals surface area (Å²) < 4.78 is 32.9. The highest BCUT2D eigenvalue weighted by Gasteiger charge is 2.27. The molecule has 1 N–H and O–H groups in total. The molecule has 3 rings (SSSR count). The first-order valence-corrected chi connectivity index (χ1v) is 10.9. The van der Waals surface area contributed by atoms with Crippen molar-refractivity contribution in [2.75, 3.05) is 25.5 Å². The number of hydrogen-bond donors (Lipinski definition) is 1. The van der Waals surface area contributed by atoms with Crippen molar-refractivity contribution in [2.24, 2.45) is 0 Å². The number of carbonyl (C=O) groups excluding carboxylic acids is 1. The molecule has 0 atom stereocenters.